The van der Waals surface area contributed by atoms with Crippen molar-refractivity contribution in [3.8, 4) is 0 Å². The number of nitrogens with one attached hydrogen (secondary N) is 1. The molecule has 0 amide bonds. The number of thiophene rings is 1. The van der Waals surface area contributed by atoms with Crippen LogP contribution in [-0.4, -0.2) is 29.0 Å². The fourth-order valence-corrected chi connectivity index (χ4v) is 3.64. The van der Waals surface area contributed by atoms with Crippen molar-refractivity contribution in [3.63, 3.8) is 0 Å². The Kier molecular flexibility index (Phi) is 6.36. The van der Waals surface area contributed by atoms with Crippen LogP contribution in [0.3, 0.4) is 0 Å². The number of hydrogen-bond donors (Lipinski definition) is 1. The fraction of sp³-hybridized carbons (Fsp3) is 0.562. The monoisotopic (exact) mass is 323 g/mol. The predicted molar refractivity (Wildman–Crippen MR) is 93.0 cm³/mol. The lowest BCUT2D eigenvalue weighted by atomic mass is 10.2. The van der Waals surface area contributed by atoms with E-state index in [4.69, 9.17) is 4.98 Å². The van der Waals surface area contributed by atoms with E-state index in [1.54, 1.807) is 11.3 Å². The molecule has 0 saturated heterocycles. The largest absolute Gasteiger partial charge is 0.308 e. The van der Waals surface area contributed by atoms with Gasteiger partial charge in [0.05, 0.1) is 5.69 Å². The Morgan fingerprint density at radius 3 is 2.76 bits per heavy atom. The average Bonchev–Trinajstić information content (AvgIpc) is 3.08. The van der Waals surface area contributed by atoms with Gasteiger partial charge < -0.3 is 5.32 Å². The lowest BCUT2D eigenvalue weighted by Crippen LogP contribution is -2.30. The number of nitrogens with zero attached hydrogens (tertiary/aromatic N) is 2. The maximum absolute atomic E-state index is 4.72. The van der Waals surface area contributed by atoms with Crippen molar-refractivity contribution >= 4 is 22.7 Å². The van der Waals surface area contributed by atoms with Crippen molar-refractivity contribution in [1.82, 2.24) is 15.2 Å². The highest BCUT2D eigenvalue weighted by Gasteiger charge is 2.13. The zero-order valence-electron chi connectivity index (χ0n) is 13.3. The Morgan fingerprint density at radius 2 is 2.10 bits per heavy atom. The SMILES string of the molecule is CC(C)NCc1nc(CN(C)C(C)Cc2cccs2)cs1. The third-order valence-electron chi connectivity index (χ3n) is 3.50. The van der Waals surface area contributed by atoms with Crippen LogP contribution in [0, 0.1) is 0 Å². The van der Waals surface area contributed by atoms with E-state index in [1.807, 2.05) is 11.3 Å². The van der Waals surface area contributed by atoms with Gasteiger partial charge in [-0.3, -0.25) is 4.90 Å². The summed E-state index contributed by atoms with van der Waals surface area (Å²) >= 11 is 3.59. The Labute approximate surface area is 136 Å². The zero-order valence-corrected chi connectivity index (χ0v) is 14.9. The lowest BCUT2D eigenvalue weighted by molar-refractivity contribution is 0.246. The van der Waals surface area contributed by atoms with Crippen molar-refractivity contribution in [2.24, 2.45) is 0 Å². The van der Waals surface area contributed by atoms with Crippen molar-refractivity contribution < 1.29 is 0 Å². The minimum atomic E-state index is 0.505. The molecule has 1 N–H and O–H groups in total. The Hall–Kier alpha value is -0.750. The fourth-order valence-electron chi connectivity index (χ4n) is 2.08. The van der Waals surface area contributed by atoms with E-state index in [-0.39, 0.29) is 0 Å². The molecule has 0 aliphatic heterocycles. The van der Waals surface area contributed by atoms with Crippen LogP contribution < -0.4 is 5.32 Å². The minimum absolute atomic E-state index is 0.505. The Balaban J connectivity index is 1.83. The number of hydrogen-bond acceptors (Lipinski definition) is 5. The van der Waals surface area contributed by atoms with Gasteiger partial charge in [0.25, 0.3) is 0 Å². The van der Waals surface area contributed by atoms with E-state index in [0.717, 1.165) is 19.5 Å². The number of likely N-dealkylation sites (N-methyl/N-ethyl adjacent to an activating group) is 1. The molecule has 0 aliphatic rings. The first-order chi connectivity index (χ1) is 10.0. The molecular formula is C16H25N3S2. The quantitative estimate of drug-likeness (QED) is 0.801. The van der Waals surface area contributed by atoms with Gasteiger partial charge in [-0.15, -0.1) is 22.7 Å². The molecule has 5 heteroatoms. The molecule has 0 saturated carbocycles. The molecule has 1 atom stereocenters. The van der Waals surface area contributed by atoms with Crippen LogP contribution >= 0.6 is 22.7 Å². The van der Waals surface area contributed by atoms with Gasteiger partial charge in [0.2, 0.25) is 0 Å². The first kappa shape index (κ1) is 16.6. The maximum atomic E-state index is 4.72. The van der Waals surface area contributed by atoms with Gasteiger partial charge >= 0.3 is 0 Å². The van der Waals surface area contributed by atoms with Gasteiger partial charge in [0.1, 0.15) is 5.01 Å². The van der Waals surface area contributed by atoms with Crippen LogP contribution in [0.2, 0.25) is 0 Å². The molecule has 1 unspecified atom stereocenters. The number of aromatic nitrogens is 1. The second-order valence-corrected chi connectivity index (χ2v) is 7.79. The van der Waals surface area contributed by atoms with E-state index < -0.39 is 0 Å². The number of rotatable bonds is 8. The predicted octanol–water partition coefficient (Wildman–Crippen LogP) is 3.77. The summed E-state index contributed by atoms with van der Waals surface area (Å²) < 4.78 is 0. The highest BCUT2D eigenvalue weighted by molar-refractivity contribution is 7.10. The molecule has 116 valence electrons. The summed E-state index contributed by atoms with van der Waals surface area (Å²) in [6.45, 7) is 8.40. The van der Waals surface area contributed by atoms with E-state index in [9.17, 15) is 0 Å². The van der Waals surface area contributed by atoms with Gasteiger partial charge in [0, 0.05) is 35.4 Å². The third kappa shape index (κ3) is 5.51. The summed E-state index contributed by atoms with van der Waals surface area (Å²) in [5, 5.41) is 8.93. The van der Waals surface area contributed by atoms with Gasteiger partial charge in [-0.1, -0.05) is 19.9 Å². The molecule has 0 radical (unpaired) electrons. The molecule has 2 heterocycles. The summed E-state index contributed by atoms with van der Waals surface area (Å²) in [6.07, 6.45) is 1.11. The summed E-state index contributed by atoms with van der Waals surface area (Å²) in [7, 11) is 2.18. The first-order valence-electron chi connectivity index (χ1n) is 7.44. The Morgan fingerprint density at radius 1 is 1.29 bits per heavy atom. The first-order valence-corrected chi connectivity index (χ1v) is 9.20. The molecule has 0 bridgehead atoms. The van der Waals surface area contributed by atoms with Crippen LogP contribution in [0.1, 0.15) is 36.3 Å². The highest BCUT2D eigenvalue weighted by Crippen LogP contribution is 2.16. The minimum Gasteiger partial charge on any atom is -0.308 e. The molecule has 3 nitrogen and oxygen atoms in total. The summed E-state index contributed by atoms with van der Waals surface area (Å²) in [6, 6.07) is 5.38. The Bertz CT molecular complexity index is 519. The smallest absolute Gasteiger partial charge is 0.107 e. The van der Waals surface area contributed by atoms with Gasteiger partial charge in [-0.25, -0.2) is 4.98 Å². The molecule has 2 aromatic heterocycles. The van der Waals surface area contributed by atoms with Crippen molar-refractivity contribution in [1.29, 1.82) is 0 Å². The second-order valence-electron chi connectivity index (χ2n) is 5.82. The van der Waals surface area contributed by atoms with Crippen LogP contribution in [-0.2, 0) is 19.5 Å². The van der Waals surface area contributed by atoms with Crippen molar-refractivity contribution in [3.05, 3.63) is 38.5 Å². The summed E-state index contributed by atoms with van der Waals surface area (Å²) in [5.74, 6) is 0. The molecule has 2 rings (SSSR count). The molecular weight excluding hydrogens is 298 g/mol. The standard InChI is InChI=1S/C16H25N3S2/c1-12(2)17-9-16-18-14(11-21-16)10-19(4)13(3)8-15-6-5-7-20-15/h5-7,11-13,17H,8-10H2,1-4H3. The normalized spacial score (nSPS) is 13.2. The molecule has 21 heavy (non-hydrogen) atoms. The van der Waals surface area contributed by atoms with Crippen molar-refractivity contribution in [2.45, 2.75) is 52.4 Å². The topological polar surface area (TPSA) is 28.2 Å². The van der Waals surface area contributed by atoms with E-state index in [1.165, 1.54) is 15.6 Å². The average molecular weight is 324 g/mol. The third-order valence-corrected chi connectivity index (χ3v) is 5.30. The molecule has 0 fully saturated rings. The molecule has 0 aliphatic carbocycles. The van der Waals surface area contributed by atoms with E-state index >= 15 is 0 Å². The van der Waals surface area contributed by atoms with Crippen LogP contribution in [0.15, 0.2) is 22.9 Å². The molecule has 2 aromatic rings. The van der Waals surface area contributed by atoms with E-state index in [2.05, 4.69) is 60.9 Å². The van der Waals surface area contributed by atoms with Gasteiger partial charge in [-0.2, -0.15) is 0 Å². The maximum Gasteiger partial charge on any atom is 0.107 e. The van der Waals surface area contributed by atoms with Gasteiger partial charge in [-0.05, 0) is 31.8 Å². The second kappa shape index (κ2) is 8.03. The summed E-state index contributed by atoms with van der Waals surface area (Å²) in [4.78, 5) is 8.56. The lowest BCUT2D eigenvalue weighted by Gasteiger charge is -2.23. The summed E-state index contributed by atoms with van der Waals surface area (Å²) in [5.41, 5.74) is 1.18. The van der Waals surface area contributed by atoms with Crippen LogP contribution in [0.4, 0.5) is 0 Å². The number of thiazole rings is 1. The molecule has 0 aromatic carbocycles. The zero-order chi connectivity index (χ0) is 15.2. The highest BCUT2D eigenvalue weighted by atomic mass is 32.1. The van der Waals surface area contributed by atoms with Crippen LogP contribution in [0.25, 0.3) is 0 Å². The van der Waals surface area contributed by atoms with Crippen molar-refractivity contribution in [2.75, 3.05) is 7.05 Å². The van der Waals surface area contributed by atoms with Gasteiger partial charge in [0.15, 0.2) is 0 Å². The van der Waals surface area contributed by atoms with Crippen LogP contribution in [0.5, 0.6) is 0 Å². The van der Waals surface area contributed by atoms with E-state index in [0.29, 0.717) is 12.1 Å². The molecule has 0 spiro atoms.